The van der Waals surface area contributed by atoms with Gasteiger partial charge in [0.05, 0.1) is 12.1 Å². The first-order valence-corrected chi connectivity index (χ1v) is 8.14. The molecule has 0 aliphatic rings. The predicted molar refractivity (Wildman–Crippen MR) is 98.7 cm³/mol. The van der Waals surface area contributed by atoms with Crippen LogP contribution in [0.4, 0.5) is 5.69 Å². The molecule has 0 unspecified atom stereocenters. The number of carbonyl (C=O) groups is 2. The summed E-state index contributed by atoms with van der Waals surface area (Å²) < 4.78 is 0. The van der Waals surface area contributed by atoms with E-state index >= 15 is 0 Å². The maximum atomic E-state index is 13.0. The fourth-order valence-electron chi connectivity index (χ4n) is 2.94. The SMILES string of the molecule is C[C@@H](C(=O)O)N(C(=O)Cc1ccccc1)c1cccc2ccccc12. The molecule has 0 aromatic heterocycles. The number of rotatable bonds is 5. The van der Waals surface area contributed by atoms with E-state index in [1.165, 1.54) is 11.8 Å². The molecule has 126 valence electrons. The first-order valence-electron chi connectivity index (χ1n) is 8.14. The summed E-state index contributed by atoms with van der Waals surface area (Å²) in [5.41, 5.74) is 1.48. The van der Waals surface area contributed by atoms with Gasteiger partial charge in [0.1, 0.15) is 6.04 Å². The number of carboxylic acid groups (broad SMARTS) is 1. The van der Waals surface area contributed by atoms with Crippen molar-refractivity contribution in [2.45, 2.75) is 19.4 Å². The fraction of sp³-hybridized carbons (Fsp3) is 0.143. The molecule has 0 aliphatic carbocycles. The number of amides is 1. The summed E-state index contributed by atoms with van der Waals surface area (Å²) in [6.45, 7) is 1.53. The standard InChI is InChI=1S/C21H19NO3/c1-15(21(24)25)22(20(23)14-16-8-3-2-4-9-16)19-13-7-11-17-10-5-6-12-18(17)19/h2-13,15H,14H2,1H3,(H,24,25)/t15-/m0/s1. The number of aliphatic carboxylic acids is 1. The van der Waals surface area contributed by atoms with Crippen molar-refractivity contribution in [2.24, 2.45) is 0 Å². The molecule has 0 aliphatic heterocycles. The Morgan fingerprint density at radius 2 is 1.56 bits per heavy atom. The Hall–Kier alpha value is -3.14. The highest BCUT2D eigenvalue weighted by molar-refractivity contribution is 6.07. The monoisotopic (exact) mass is 333 g/mol. The molecule has 4 heteroatoms. The Labute approximate surface area is 146 Å². The molecule has 3 aromatic rings. The number of hydrogen-bond donors (Lipinski definition) is 1. The van der Waals surface area contributed by atoms with E-state index in [2.05, 4.69) is 0 Å². The van der Waals surface area contributed by atoms with Crippen molar-refractivity contribution in [3.05, 3.63) is 78.4 Å². The van der Waals surface area contributed by atoms with Gasteiger partial charge in [0.15, 0.2) is 0 Å². The van der Waals surface area contributed by atoms with Crippen LogP contribution < -0.4 is 4.90 Å². The Morgan fingerprint density at radius 3 is 2.28 bits per heavy atom. The molecule has 1 N–H and O–H groups in total. The van der Waals surface area contributed by atoms with Crippen LogP contribution in [0.2, 0.25) is 0 Å². The van der Waals surface area contributed by atoms with Gasteiger partial charge in [-0.2, -0.15) is 0 Å². The lowest BCUT2D eigenvalue weighted by atomic mass is 10.0. The smallest absolute Gasteiger partial charge is 0.326 e. The molecule has 0 radical (unpaired) electrons. The average Bonchev–Trinajstić information content (AvgIpc) is 2.63. The van der Waals surface area contributed by atoms with Gasteiger partial charge in [0.2, 0.25) is 5.91 Å². The highest BCUT2D eigenvalue weighted by Gasteiger charge is 2.28. The van der Waals surface area contributed by atoms with E-state index in [1.807, 2.05) is 66.7 Å². The Balaban J connectivity index is 2.05. The second-order valence-corrected chi connectivity index (χ2v) is 5.94. The van der Waals surface area contributed by atoms with Crippen LogP contribution in [0.5, 0.6) is 0 Å². The third kappa shape index (κ3) is 3.53. The van der Waals surface area contributed by atoms with E-state index in [0.29, 0.717) is 5.69 Å². The molecule has 0 spiro atoms. The lowest BCUT2D eigenvalue weighted by Gasteiger charge is -2.28. The zero-order chi connectivity index (χ0) is 17.8. The van der Waals surface area contributed by atoms with E-state index in [0.717, 1.165) is 16.3 Å². The van der Waals surface area contributed by atoms with Gasteiger partial charge in [0, 0.05) is 5.39 Å². The van der Waals surface area contributed by atoms with Crippen LogP contribution in [-0.2, 0) is 16.0 Å². The molecule has 0 saturated heterocycles. The van der Waals surface area contributed by atoms with Gasteiger partial charge >= 0.3 is 5.97 Å². The van der Waals surface area contributed by atoms with E-state index in [4.69, 9.17) is 0 Å². The number of anilines is 1. The van der Waals surface area contributed by atoms with Crippen LogP contribution in [0.25, 0.3) is 10.8 Å². The molecular weight excluding hydrogens is 314 g/mol. The number of nitrogens with zero attached hydrogens (tertiary/aromatic N) is 1. The summed E-state index contributed by atoms with van der Waals surface area (Å²) >= 11 is 0. The molecule has 25 heavy (non-hydrogen) atoms. The van der Waals surface area contributed by atoms with Gasteiger partial charge in [-0.1, -0.05) is 66.7 Å². The van der Waals surface area contributed by atoms with Gasteiger partial charge in [-0.15, -0.1) is 0 Å². The Morgan fingerprint density at radius 1 is 0.920 bits per heavy atom. The lowest BCUT2D eigenvalue weighted by Crippen LogP contribution is -2.44. The quantitative estimate of drug-likeness (QED) is 0.771. The highest BCUT2D eigenvalue weighted by atomic mass is 16.4. The summed E-state index contributed by atoms with van der Waals surface area (Å²) in [7, 11) is 0. The number of carbonyl (C=O) groups excluding carboxylic acids is 1. The maximum absolute atomic E-state index is 13.0. The van der Waals surface area contributed by atoms with E-state index < -0.39 is 12.0 Å². The van der Waals surface area contributed by atoms with Crippen molar-refractivity contribution < 1.29 is 14.7 Å². The summed E-state index contributed by atoms with van der Waals surface area (Å²) in [5, 5.41) is 11.3. The van der Waals surface area contributed by atoms with Crippen molar-refractivity contribution in [1.29, 1.82) is 0 Å². The van der Waals surface area contributed by atoms with Crippen LogP contribution in [-0.4, -0.2) is 23.0 Å². The van der Waals surface area contributed by atoms with Crippen LogP contribution in [0.3, 0.4) is 0 Å². The lowest BCUT2D eigenvalue weighted by molar-refractivity contribution is -0.139. The Kier molecular flexibility index (Phi) is 4.80. The van der Waals surface area contributed by atoms with Gasteiger partial charge in [0.25, 0.3) is 0 Å². The number of hydrogen-bond acceptors (Lipinski definition) is 2. The van der Waals surface area contributed by atoms with Crippen LogP contribution in [0, 0.1) is 0 Å². The van der Waals surface area contributed by atoms with Crippen molar-refractivity contribution in [3.8, 4) is 0 Å². The first kappa shape index (κ1) is 16.7. The minimum absolute atomic E-state index is 0.154. The summed E-state index contributed by atoms with van der Waals surface area (Å²) in [4.78, 5) is 26.0. The van der Waals surface area contributed by atoms with E-state index in [-0.39, 0.29) is 12.3 Å². The topological polar surface area (TPSA) is 57.6 Å². The number of benzene rings is 3. The van der Waals surface area contributed by atoms with Crippen LogP contribution >= 0.6 is 0 Å². The fourth-order valence-corrected chi connectivity index (χ4v) is 2.94. The van der Waals surface area contributed by atoms with Gasteiger partial charge < -0.3 is 5.11 Å². The molecule has 0 fully saturated rings. The summed E-state index contributed by atoms with van der Waals surface area (Å²) in [6.07, 6.45) is 0.154. The number of fused-ring (bicyclic) bond motifs is 1. The van der Waals surface area contributed by atoms with Gasteiger partial charge in [-0.05, 0) is 23.9 Å². The zero-order valence-corrected chi connectivity index (χ0v) is 13.9. The van der Waals surface area contributed by atoms with Crippen LogP contribution in [0.15, 0.2) is 72.8 Å². The average molecular weight is 333 g/mol. The highest BCUT2D eigenvalue weighted by Crippen LogP contribution is 2.29. The molecule has 0 bridgehead atoms. The van der Waals surface area contributed by atoms with Crippen molar-refractivity contribution in [2.75, 3.05) is 4.90 Å². The van der Waals surface area contributed by atoms with Crippen LogP contribution in [0.1, 0.15) is 12.5 Å². The van der Waals surface area contributed by atoms with Gasteiger partial charge in [-0.25, -0.2) is 4.79 Å². The third-order valence-electron chi connectivity index (χ3n) is 4.24. The molecule has 3 aromatic carbocycles. The largest absolute Gasteiger partial charge is 0.480 e. The van der Waals surface area contributed by atoms with E-state index in [9.17, 15) is 14.7 Å². The molecular formula is C21H19NO3. The minimum atomic E-state index is -1.03. The summed E-state index contributed by atoms with van der Waals surface area (Å²) in [6, 6.07) is 21.6. The Bertz CT molecular complexity index is 900. The molecule has 1 amide bonds. The van der Waals surface area contributed by atoms with Crippen molar-refractivity contribution in [1.82, 2.24) is 0 Å². The molecule has 4 nitrogen and oxygen atoms in total. The molecule has 1 atom stereocenters. The second-order valence-electron chi connectivity index (χ2n) is 5.94. The van der Waals surface area contributed by atoms with Crippen molar-refractivity contribution in [3.63, 3.8) is 0 Å². The predicted octanol–water partition coefficient (Wildman–Crippen LogP) is 3.89. The first-order chi connectivity index (χ1) is 12.1. The van der Waals surface area contributed by atoms with Gasteiger partial charge in [-0.3, -0.25) is 9.69 Å². The van der Waals surface area contributed by atoms with Crippen molar-refractivity contribution >= 4 is 28.3 Å². The molecule has 0 saturated carbocycles. The normalized spacial score (nSPS) is 11.9. The third-order valence-corrected chi connectivity index (χ3v) is 4.24. The molecule has 3 rings (SSSR count). The molecule has 0 heterocycles. The number of carboxylic acids is 1. The minimum Gasteiger partial charge on any atom is -0.480 e. The zero-order valence-electron chi connectivity index (χ0n) is 13.9. The maximum Gasteiger partial charge on any atom is 0.326 e. The second kappa shape index (κ2) is 7.18. The van der Waals surface area contributed by atoms with E-state index in [1.54, 1.807) is 6.07 Å². The summed E-state index contributed by atoms with van der Waals surface area (Å²) in [5.74, 6) is -1.27.